The van der Waals surface area contributed by atoms with E-state index in [4.69, 9.17) is 9.47 Å². The molecule has 2 heteroatoms. The summed E-state index contributed by atoms with van der Waals surface area (Å²) in [4.78, 5) is 0. The van der Waals surface area contributed by atoms with E-state index in [-0.39, 0.29) is 6.10 Å². The molecule has 0 radical (unpaired) electrons. The molecule has 0 fully saturated rings. The molecule has 1 heterocycles. The highest BCUT2D eigenvalue weighted by molar-refractivity contribution is 5.39. The summed E-state index contributed by atoms with van der Waals surface area (Å²) in [5.41, 5.74) is 2.44. The molecule has 0 aromatic heterocycles. The van der Waals surface area contributed by atoms with Crippen molar-refractivity contribution in [1.82, 2.24) is 0 Å². The van der Waals surface area contributed by atoms with Crippen LogP contribution in [-0.2, 0) is 4.74 Å². The molecule has 13 heavy (non-hydrogen) atoms. The molecule has 0 saturated carbocycles. The molecule has 1 aromatic rings. The summed E-state index contributed by atoms with van der Waals surface area (Å²) in [6, 6.07) is 6.23. The number of fused-ring (bicyclic) bond motifs is 1. The van der Waals surface area contributed by atoms with Crippen LogP contribution in [0.2, 0.25) is 0 Å². The van der Waals surface area contributed by atoms with Crippen molar-refractivity contribution in [2.45, 2.75) is 19.4 Å². The van der Waals surface area contributed by atoms with E-state index in [1.54, 1.807) is 7.11 Å². The lowest BCUT2D eigenvalue weighted by Gasteiger charge is -2.24. The van der Waals surface area contributed by atoms with Crippen molar-refractivity contribution in [3.05, 3.63) is 29.3 Å². The zero-order valence-electron chi connectivity index (χ0n) is 8.04. The van der Waals surface area contributed by atoms with Gasteiger partial charge in [-0.3, -0.25) is 0 Å². The molecule has 0 saturated heterocycles. The monoisotopic (exact) mass is 178 g/mol. The van der Waals surface area contributed by atoms with Crippen LogP contribution in [0.1, 0.15) is 23.7 Å². The van der Waals surface area contributed by atoms with Crippen LogP contribution in [0.5, 0.6) is 5.75 Å². The van der Waals surface area contributed by atoms with Gasteiger partial charge >= 0.3 is 0 Å². The van der Waals surface area contributed by atoms with Crippen molar-refractivity contribution in [2.75, 3.05) is 13.7 Å². The Labute approximate surface area is 78.5 Å². The topological polar surface area (TPSA) is 18.5 Å². The molecule has 2 rings (SSSR count). The molecular formula is C11H14O2. The molecule has 1 atom stereocenters. The van der Waals surface area contributed by atoms with Gasteiger partial charge in [0.15, 0.2) is 0 Å². The Bertz CT molecular complexity index is 307. The molecule has 0 aliphatic carbocycles. The minimum absolute atomic E-state index is 0.212. The van der Waals surface area contributed by atoms with Crippen molar-refractivity contribution in [3.8, 4) is 5.75 Å². The van der Waals surface area contributed by atoms with Gasteiger partial charge in [-0.2, -0.15) is 0 Å². The second-order valence-corrected chi connectivity index (χ2v) is 3.40. The summed E-state index contributed by atoms with van der Waals surface area (Å²) < 4.78 is 10.9. The summed E-state index contributed by atoms with van der Waals surface area (Å²) in [5, 5.41) is 0. The Morgan fingerprint density at radius 1 is 1.46 bits per heavy atom. The Morgan fingerprint density at radius 2 is 2.31 bits per heavy atom. The number of hydrogen-bond donors (Lipinski definition) is 0. The van der Waals surface area contributed by atoms with Crippen molar-refractivity contribution in [3.63, 3.8) is 0 Å². The van der Waals surface area contributed by atoms with E-state index in [1.807, 2.05) is 6.07 Å². The van der Waals surface area contributed by atoms with Gasteiger partial charge in [0.2, 0.25) is 0 Å². The first-order valence-corrected chi connectivity index (χ1v) is 4.57. The highest BCUT2D eigenvalue weighted by Crippen LogP contribution is 2.34. The average Bonchev–Trinajstić information content (AvgIpc) is 2.17. The zero-order valence-corrected chi connectivity index (χ0v) is 8.04. The van der Waals surface area contributed by atoms with Gasteiger partial charge in [0.1, 0.15) is 5.75 Å². The molecule has 0 bridgehead atoms. The lowest BCUT2D eigenvalue weighted by atomic mass is 10.0. The van der Waals surface area contributed by atoms with Gasteiger partial charge in [-0.15, -0.1) is 0 Å². The van der Waals surface area contributed by atoms with E-state index in [9.17, 15) is 0 Å². The summed E-state index contributed by atoms with van der Waals surface area (Å²) in [6.07, 6.45) is 1.16. The molecule has 1 aliphatic rings. The van der Waals surface area contributed by atoms with Gasteiger partial charge in [-0.1, -0.05) is 11.6 Å². The fourth-order valence-corrected chi connectivity index (χ4v) is 1.73. The van der Waals surface area contributed by atoms with Crippen LogP contribution in [0.25, 0.3) is 0 Å². The average molecular weight is 178 g/mol. The van der Waals surface area contributed by atoms with Gasteiger partial charge in [0.05, 0.1) is 12.7 Å². The first kappa shape index (κ1) is 8.57. The molecule has 0 amide bonds. The third-order valence-corrected chi connectivity index (χ3v) is 2.43. The molecule has 0 N–H and O–H groups in total. The number of methoxy groups -OCH3 is 1. The molecule has 1 aromatic carbocycles. The summed E-state index contributed by atoms with van der Waals surface area (Å²) in [6.45, 7) is 2.84. The molecule has 1 aliphatic heterocycles. The van der Waals surface area contributed by atoms with Crippen LogP contribution in [0.15, 0.2) is 18.2 Å². The quantitative estimate of drug-likeness (QED) is 0.657. The van der Waals surface area contributed by atoms with E-state index < -0.39 is 0 Å². The maximum Gasteiger partial charge on any atom is 0.125 e. The van der Waals surface area contributed by atoms with Crippen molar-refractivity contribution >= 4 is 0 Å². The van der Waals surface area contributed by atoms with Crippen molar-refractivity contribution < 1.29 is 9.47 Å². The fraction of sp³-hybridized carbons (Fsp3) is 0.455. The number of ether oxygens (including phenoxy) is 2. The van der Waals surface area contributed by atoms with Gasteiger partial charge < -0.3 is 9.47 Å². The maximum atomic E-state index is 5.53. The van der Waals surface area contributed by atoms with E-state index in [2.05, 4.69) is 19.1 Å². The molecule has 1 unspecified atom stereocenters. The normalized spacial score (nSPS) is 20.6. The minimum atomic E-state index is 0.212. The largest absolute Gasteiger partial charge is 0.493 e. The van der Waals surface area contributed by atoms with Crippen LogP contribution < -0.4 is 4.74 Å². The first-order valence-electron chi connectivity index (χ1n) is 4.57. The van der Waals surface area contributed by atoms with Crippen LogP contribution in [0, 0.1) is 6.92 Å². The van der Waals surface area contributed by atoms with Gasteiger partial charge in [-0.05, 0) is 19.1 Å². The SMILES string of the molecule is COC1CCOc2ccc(C)cc21. The molecule has 2 nitrogen and oxygen atoms in total. The Morgan fingerprint density at radius 3 is 3.08 bits per heavy atom. The van der Waals surface area contributed by atoms with Crippen molar-refractivity contribution in [1.29, 1.82) is 0 Å². The minimum Gasteiger partial charge on any atom is -0.493 e. The molecular weight excluding hydrogens is 164 g/mol. The van der Waals surface area contributed by atoms with Crippen LogP contribution in [0.3, 0.4) is 0 Å². The smallest absolute Gasteiger partial charge is 0.125 e. The van der Waals surface area contributed by atoms with Gasteiger partial charge in [-0.25, -0.2) is 0 Å². The number of aryl methyl sites for hydroxylation is 1. The Hall–Kier alpha value is -1.02. The third-order valence-electron chi connectivity index (χ3n) is 2.43. The lowest BCUT2D eigenvalue weighted by Crippen LogP contribution is -2.15. The standard InChI is InChI=1S/C11H14O2/c1-8-3-4-11-9(7-8)10(12-2)5-6-13-11/h3-4,7,10H,5-6H2,1-2H3. The highest BCUT2D eigenvalue weighted by Gasteiger charge is 2.20. The summed E-state index contributed by atoms with van der Waals surface area (Å²) in [7, 11) is 1.75. The van der Waals surface area contributed by atoms with E-state index in [1.165, 1.54) is 11.1 Å². The van der Waals surface area contributed by atoms with E-state index in [0.717, 1.165) is 18.8 Å². The predicted octanol–water partition coefficient (Wildman–Crippen LogP) is 2.47. The second-order valence-electron chi connectivity index (χ2n) is 3.40. The number of benzene rings is 1. The van der Waals surface area contributed by atoms with E-state index in [0.29, 0.717) is 0 Å². The predicted molar refractivity (Wildman–Crippen MR) is 51.0 cm³/mol. The summed E-state index contributed by atoms with van der Waals surface area (Å²) >= 11 is 0. The summed E-state index contributed by atoms with van der Waals surface area (Å²) in [5.74, 6) is 0.976. The number of rotatable bonds is 1. The molecule has 70 valence electrons. The van der Waals surface area contributed by atoms with Crippen LogP contribution in [-0.4, -0.2) is 13.7 Å². The zero-order chi connectivity index (χ0) is 9.26. The lowest BCUT2D eigenvalue weighted by molar-refractivity contribution is 0.0636. The highest BCUT2D eigenvalue weighted by atomic mass is 16.5. The Balaban J connectivity index is 2.41. The Kier molecular flexibility index (Phi) is 2.23. The van der Waals surface area contributed by atoms with Gasteiger partial charge in [0.25, 0.3) is 0 Å². The molecule has 0 spiro atoms. The van der Waals surface area contributed by atoms with E-state index >= 15 is 0 Å². The fourth-order valence-electron chi connectivity index (χ4n) is 1.73. The first-order chi connectivity index (χ1) is 6.31. The van der Waals surface area contributed by atoms with Crippen LogP contribution >= 0.6 is 0 Å². The van der Waals surface area contributed by atoms with Gasteiger partial charge in [0, 0.05) is 19.1 Å². The number of hydrogen-bond acceptors (Lipinski definition) is 2. The second kappa shape index (κ2) is 3.38. The third kappa shape index (κ3) is 1.54. The van der Waals surface area contributed by atoms with Crippen LogP contribution in [0.4, 0.5) is 0 Å². The maximum absolute atomic E-state index is 5.53. The van der Waals surface area contributed by atoms with Crippen molar-refractivity contribution in [2.24, 2.45) is 0 Å².